The molecule has 0 bridgehead atoms. The van der Waals surface area contributed by atoms with E-state index in [1.54, 1.807) is 0 Å². The molecular weight excluding hydrogens is 200 g/mol. The fourth-order valence-corrected chi connectivity index (χ4v) is 1.92. The van der Waals surface area contributed by atoms with E-state index in [1.165, 1.54) is 5.56 Å². The van der Waals surface area contributed by atoms with Gasteiger partial charge in [0.05, 0.1) is 11.7 Å². The molecular formula is C14H20O2. The SMILES string of the molecule is Cc1cccc(OC(C)C)c1CC1(O)CC1. The molecule has 1 aromatic carbocycles. The van der Waals surface area contributed by atoms with Gasteiger partial charge in [-0.15, -0.1) is 0 Å². The summed E-state index contributed by atoms with van der Waals surface area (Å²) in [6, 6.07) is 6.08. The van der Waals surface area contributed by atoms with Crippen LogP contribution in [0.1, 0.15) is 37.8 Å². The van der Waals surface area contributed by atoms with Crippen LogP contribution in [0.5, 0.6) is 5.75 Å². The lowest BCUT2D eigenvalue weighted by atomic mass is 10.00. The summed E-state index contributed by atoms with van der Waals surface area (Å²) in [6.07, 6.45) is 2.74. The minimum atomic E-state index is -0.457. The maximum Gasteiger partial charge on any atom is 0.123 e. The minimum Gasteiger partial charge on any atom is -0.491 e. The molecule has 0 saturated heterocycles. The van der Waals surface area contributed by atoms with Gasteiger partial charge in [-0.3, -0.25) is 0 Å². The van der Waals surface area contributed by atoms with Gasteiger partial charge in [0.2, 0.25) is 0 Å². The lowest BCUT2D eigenvalue weighted by Gasteiger charge is -2.18. The van der Waals surface area contributed by atoms with Crippen LogP contribution in [0.3, 0.4) is 0 Å². The molecule has 2 rings (SSSR count). The minimum absolute atomic E-state index is 0.175. The van der Waals surface area contributed by atoms with Crippen LogP contribution >= 0.6 is 0 Å². The summed E-state index contributed by atoms with van der Waals surface area (Å²) in [5.74, 6) is 0.926. The second-order valence-corrected chi connectivity index (χ2v) is 5.12. The molecule has 0 amide bonds. The molecule has 0 atom stereocenters. The van der Waals surface area contributed by atoms with Gasteiger partial charge in [0.15, 0.2) is 0 Å². The largest absolute Gasteiger partial charge is 0.491 e. The summed E-state index contributed by atoms with van der Waals surface area (Å²) in [5, 5.41) is 10.0. The van der Waals surface area contributed by atoms with Crippen molar-refractivity contribution in [1.82, 2.24) is 0 Å². The number of hydrogen-bond acceptors (Lipinski definition) is 2. The fourth-order valence-electron chi connectivity index (χ4n) is 1.92. The smallest absolute Gasteiger partial charge is 0.123 e. The predicted molar refractivity (Wildman–Crippen MR) is 64.8 cm³/mol. The van der Waals surface area contributed by atoms with Crippen molar-refractivity contribution in [1.29, 1.82) is 0 Å². The van der Waals surface area contributed by atoms with Gasteiger partial charge in [0.1, 0.15) is 5.75 Å². The van der Waals surface area contributed by atoms with E-state index in [4.69, 9.17) is 4.74 Å². The predicted octanol–water partition coefficient (Wildman–Crippen LogP) is 2.85. The summed E-state index contributed by atoms with van der Waals surface area (Å²) in [5.41, 5.74) is 1.91. The first kappa shape index (κ1) is 11.5. The first-order chi connectivity index (χ1) is 7.50. The van der Waals surface area contributed by atoms with Crippen molar-refractivity contribution in [2.24, 2.45) is 0 Å². The van der Waals surface area contributed by atoms with Crippen molar-refractivity contribution in [3.05, 3.63) is 29.3 Å². The molecule has 0 radical (unpaired) electrons. The molecule has 1 fully saturated rings. The van der Waals surface area contributed by atoms with Gasteiger partial charge in [-0.25, -0.2) is 0 Å². The average molecular weight is 220 g/mol. The van der Waals surface area contributed by atoms with Crippen LogP contribution in [-0.4, -0.2) is 16.8 Å². The van der Waals surface area contributed by atoms with E-state index in [2.05, 4.69) is 13.0 Å². The monoisotopic (exact) mass is 220 g/mol. The molecule has 88 valence electrons. The fraction of sp³-hybridized carbons (Fsp3) is 0.571. The molecule has 0 heterocycles. The summed E-state index contributed by atoms with van der Waals surface area (Å²) < 4.78 is 5.79. The number of rotatable bonds is 4. The summed E-state index contributed by atoms with van der Waals surface area (Å²) in [4.78, 5) is 0. The van der Waals surface area contributed by atoms with E-state index in [0.717, 1.165) is 30.6 Å². The molecule has 2 nitrogen and oxygen atoms in total. The molecule has 0 spiro atoms. The standard InChI is InChI=1S/C14H20O2/c1-10(2)16-13-6-4-5-11(3)12(13)9-14(15)7-8-14/h4-6,10,15H,7-9H2,1-3H3. The van der Waals surface area contributed by atoms with Crippen LogP contribution in [0.15, 0.2) is 18.2 Å². The van der Waals surface area contributed by atoms with Crippen LogP contribution in [0.4, 0.5) is 0 Å². The molecule has 1 aliphatic carbocycles. The Balaban J connectivity index is 2.25. The molecule has 1 aromatic rings. The Labute approximate surface area is 97.3 Å². The molecule has 0 aromatic heterocycles. The van der Waals surface area contributed by atoms with Gasteiger partial charge in [-0.05, 0) is 50.8 Å². The maximum atomic E-state index is 10.0. The van der Waals surface area contributed by atoms with E-state index in [9.17, 15) is 5.11 Å². The van der Waals surface area contributed by atoms with Gasteiger partial charge in [-0.1, -0.05) is 12.1 Å². The topological polar surface area (TPSA) is 29.5 Å². The Morgan fingerprint density at radius 1 is 1.38 bits per heavy atom. The van der Waals surface area contributed by atoms with E-state index in [1.807, 2.05) is 26.0 Å². The zero-order chi connectivity index (χ0) is 11.8. The quantitative estimate of drug-likeness (QED) is 0.845. The van der Waals surface area contributed by atoms with E-state index in [-0.39, 0.29) is 6.10 Å². The molecule has 1 saturated carbocycles. The Kier molecular flexibility index (Phi) is 2.94. The van der Waals surface area contributed by atoms with Crippen LogP contribution in [0, 0.1) is 6.92 Å². The lowest BCUT2D eigenvalue weighted by molar-refractivity contribution is 0.148. The van der Waals surface area contributed by atoms with Crippen molar-refractivity contribution in [3.63, 3.8) is 0 Å². The summed E-state index contributed by atoms with van der Waals surface area (Å²) in [7, 11) is 0. The maximum absolute atomic E-state index is 10.0. The van der Waals surface area contributed by atoms with Gasteiger partial charge in [0, 0.05) is 6.42 Å². The number of hydrogen-bond donors (Lipinski definition) is 1. The van der Waals surface area contributed by atoms with Crippen LogP contribution in [0.2, 0.25) is 0 Å². The number of ether oxygens (including phenoxy) is 1. The van der Waals surface area contributed by atoms with E-state index in [0.29, 0.717) is 0 Å². The number of aryl methyl sites for hydroxylation is 1. The van der Waals surface area contributed by atoms with Gasteiger partial charge < -0.3 is 9.84 Å². The summed E-state index contributed by atoms with van der Waals surface area (Å²) in [6.45, 7) is 6.13. The highest BCUT2D eigenvalue weighted by Gasteiger charge is 2.41. The second-order valence-electron chi connectivity index (χ2n) is 5.12. The van der Waals surface area contributed by atoms with Gasteiger partial charge >= 0.3 is 0 Å². The third-order valence-corrected chi connectivity index (χ3v) is 3.06. The molecule has 1 aliphatic rings. The first-order valence-corrected chi connectivity index (χ1v) is 5.98. The normalized spacial score (nSPS) is 17.6. The van der Waals surface area contributed by atoms with Crippen LogP contribution < -0.4 is 4.74 Å². The first-order valence-electron chi connectivity index (χ1n) is 5.98. The third-order valence-electron chi connectivity index (χ3n) is 3.06. The number of aliphatic hydroxyl groups is 1. The third kappa shape index (κ3) is 2.56. The highest BCUT2D eigenvalue weighted by atomic mass is 16.5. The molecule has 2 heteroatoms. The van der Waals surface area contributed by atoms with Crippen LogP contribution in [0.25, 0.3) is 0 Å². The number of benzene rings is 1. The average Bonchev–Trinajstić information content (AvgIpc) is 2.90. The van der Waals surface area contributed by atoms with Crippen molar-refractivity contribution < 1.29 is 9.84 Å². The Hall–Kier alpha value is -1.02. The Morgan fingerprint density at radius 3 is 2.62 bits per heavy atom. The van der Waals surface area contributed by atoms with Crippen molar-refractivity contribution in [2.45, 2.75) is 51.7 Å². The molecule has 0 unspecified atom stereocenters. The zero-order valence-corrected chi connectivity index (χ0v) is 10.3. The van der Waals surface area contributed by atoms with Crippen LogP contribution in [-0.2, 0) is 6.42 Å². The Morgan fingerprint density at radius 2 is 2.06 bits per heavy atom. The van der Waals surface area contributed by atoms with Crippen molar-refractivity contribution >= 4 is 0 Å². The van der Waals surface area contributed by atoms with Crippen molar-refractivity contribution in [3.8, 4) is 5.75 Å². The highest BCUT2D eigenvalue weighted by Crippen LogP contribution is 2.41. The van der Waals surface area contributed by atoms with Gasteiger partial charge in [-0.2, -0.15) is 0 Å². The van der Waals surface area contributed by atoms with Gasteiger partial charge in [0.25, 0.3) is 0 Å². The highest BCUT2D eigenvalue weighted by molar-refractivity contribution is 5.41. The molecule has 0 aliphatic heterocycles. The molecule has 1 N–H and O–H groups in total. The van der Waals surface area contributed by atoms with E-state index < -0.39 is 5.60 Å². The van der Waals surface area contributed by atoms with E-state index >= 15 is 0 Å². The second kappa shape index (κ2) is 4.10. The summed E-state index contributed by atoms with van der Waals surface area (Å²) >= 11 is 0. The molecule has 16 heavy (non-hydrogen) atoms. The Bertz CT molecular complexity index is 378. The zero-order valence-electron chi connectivity index (χ0n) is 10.3. The van der Waals surface area contributed by atoms with Crippen molar-refractivity contribution in [2.75, 3.05) is 0 Å². The lowest BCUT2D eigenvalue weighted by Crippen LogP contribution is -2.15.